The maximum absolute atomic E-state index is 11.3. The lowest BCUT2D eigenvalue weighted by molar-refractivity contribution is 0.894. The lowest BCUT2D eigenvalue weighted by atomic mass is 10.4. The Morgan fingerprint density at radius 3 is 3.17 bits per heavy atom. The Labute approximate surface area is 68.8 Å². The van der Waals surface area contributed by atoms with Gasteiger partial charge >= 0.3 is 0 Å². The van der Waals surface area contributed by atoms with E-state index in [4.69, 9.17) is 0 Å². The summed E-state index contributed by atoms with van der Waals surface area (Å²) in [6.07, 6.45) is 0.754. The van der Waals surface area contributed by atoms with E-state index in [1.807, 2.05) is 13.0 Å². The predicted octanol–water partition coefficient (Wildman–Crippen LogP) is 0.585. The third-order valence-corrected chi connectivity index (χ3v) is 1.83. The lowest BCUT2D eigenvalue weighted by Gasteiger charge is -1.92. The average molecular weight is 163 g/mol. The highest BCUT2D eigenvalue weighted by Gasteiger charge is 2.02. The molecule has 2 rings (SSSR count). The van der Waals surface area contributed by atoms with Crippen LogP contribution in [0.2, 0.25) is 0 Å². The molecule has 0 atom stereocenters. The number of hydrogen-bond donors (Lipinski definition) is 1. The number of nitrogens with zero attached hydrogens (tertiary/aromatic N) is 2. The van der Waals surface area contributed by atoms with Crippen molar-refractivity contribution in [2.24, 2.45) is 0 Å². The Morgan fingerprint density at radius 1 is 1.58 bits per heavy atom. The molecule has 0 amide bonds. The molecule has 2 aromatic rings. The second-order valence-electron chi connectivity index (χ2n) is 2.58. The van der Waals surface area contributed by atoms with Gasteiger partial charge in [-0.25, -0.2) is 4.40 Å². The summed E-state index contributed by atoms with van der Waals surface area (Å²) < 4.78 is 1.58. The van der Waals surface area contributed by atoms with Crippen molar-refractivity contribution in [1.29, 1.82) is 0 Å². The van der Waals surface area contributed by atoms with Gasteiger partial charge in [-0.3, -0.25) is 9.89 Å². The molecule has 0 saturated carbocycles. The van der Waals surface area contributed by atoms with Crippen molar-refractivity contribution in [2.75, 3.05) is 0 Å². The van der Waals surface area contributed by atoms with Gasteiger partial charge in [0.1, 0.15) is 11.5 Å². The smallest absolute Gasteiger partial charge is 0.257 e. The zero-order chi connectivity index (χ0) is 8.55. The molecule has 0 spiro atoms. The first-order valence-corrected chi connectivity index (χ1v) is 3.88. The molecule has 0 fully saturated rings. The summed E-state index contributed by atoms with van der Waals surface area (Å²) in [7, 11) is 0. The lowest BCUT2D eigenvalue weighted by Crippen LogP contribution is -2.12. The Morgan fingerprint density at radius 2 is 2.42 bits per heavy atom. The topological polar surface area (TPSA) is 50.2 Å². The predicted molar refractivity (Wildman–Crippen MR) is 45.2 cm³/mol. The van der Waals surface area contributed by atoms with Crippen molar-refractivity contribution in [3.63, 3.8) is 0 Å². The van der Waals surface area contributed by atoms with Crippen LogP contribution in [0.1, 0.15) is 12.7 Å². The summed E-state index contributed by atoms with van der Waals surface area (Å²) in [4.78, 5) is 11.3. The highest BCUT2D eigenvalue weighted by molar-refractivity contribution is 5.36. The number of aromatic nitrogens is 3. The number of fused-ring (bicyclic) bond motifs is 1. The molecule has 0 bridgehead atoms. The zero-order valence-electron chi connectivity index (χ0n) is 6.74. The van der Waals surface area contributed by atoms with Crippen LogP contribution in [0.3, 0.4) is 0 Å². The molecule has 4 heteroatoms. The van der Waals surface area contributed by atoms with Crippen LogP contribution in [-0.2, 0) is 6.42 Å². The largest absolute Gasteiger partial charge is 0.269 e. The van der Waals surface area contributed by atoms with Crippen LogP contribution in [0, 0.1) is 0 Å². The van der Waals surface area contributed by atoms with Crippen molar-refractivity contribution >= 4 is 5.65 Å². The Bertz CT molecular complexity index is 455. The van der Waals surface area contributed by atoms with E-state index in [1.54, 1.807) is 10.5 Å². The Kier molecular flexibility index (Phi) is 1.46. The molecule has 1 N–H and O–H groups in total. The summed E-state index contributed by atoms with van der Waals surface area (Å²) >= 11 is 0. The average Bonchev–Trinajstić information content (AvgIpc) is 2.49. The van der Waals surface area contributed by atoms with Gasteiger partial charge in [0.05, 0.1) is 0 Å². The van der Waals surface area contributed by atoms with E-state index >= 15 is 0 Å². The third kappa shape index (κ3) is 0.845. The quantitative estimate of drug-likeness (QED) is 0.668. The molecule has 0 radical (unpaired) electrons. The molecule has 4 nitrogen and oxygen atoms in total. The van der Waals surface area contributed by atoms with Gasteiger partial charge in [-0.1, -0.05) is 13.0 Å². The third-order valence-electron chi connectivity index (χ3n) is 1.83. The first kappa shape index (κ1) is 7.09. The minimum Gasteiger partial charge on any atom is -0.269 e. The number of aromatic amines is 1. The summed E-state index contributed by atoms with van der Waals surface area (Å²) in [5.41, 5.74) is 0.720. The van der Waals surface area contributed by atoms with Crippen LogP contribution in [0.4, 0.5) is 0 Å². The monoisotopic (exact) mass is 163 g/mol. The van der Waals surface area contributed by atoms with Crippen molar-refractivity contribution in [3.8, 4) is 0 Å². The molecular weight excluding hydrogens is 154 g/mol. The zero-order valence-corrected chi connectivity index (χ0v) is 6.74. The number of hydrogen-bond acceptors (Lipinski definition) is 2. The molecule has 12 heavy (non-hydrogen) atoms. The van der Waals surface area contributed by atoms with Crippen molar-refractivity contribution in [1.82, 2.24) is 14.6 Å². The number of nitrogens with one attached hydrogen (secondary N) is 1. The van der Waals surface area contributed by atoms with Gasteiger partial charge < -0.3 is 0 Å². The van der Waals surface area contributed by atoms with Gasteiger partial charge in [-0.2, -0.15) is 5.10 Å². The molecule has 0 aliphatic rings. The summed E-state index contributed by atoms with van der Waals surface area (Å²) in [5.74, 6) is 0.774. The van der Waals surface area contributed by atoms with E-state index in [-0.39, 0.29) is 5.56 Å². The molecule has 0 aromatic carbocycles. The minimum absolute atomic E-state index is 0.0295. The number of pyridine rings is 1. The first-order valence-electron chi connectivity index (χ1n) is 3.88. The Hall–Kier alpha value is -1.58. The first-order chi connectivity index (χ1) is 5.83. The van der Waals surface area contributed by atoms with Crippen LogP contribution in [0.5, 0.6) is 0 Å². The van der Waals surface area contributed by atoms with Crippen LogP contribution in [0.15, 0.2) is 23.0 Å². The summed E-state index contributed by atoms with van der Waals surface area (Å²) in [6.45, 7) is 1.97. The van der Waals surface area contributed by atoms with Crippen LogP contribution in [0.25, 0.3) is 5.65 Å². The highest BCUT2D eigenvalue weighted by Crippen LogP contribution is 1.98. The van der Waals surface area contributed by atoms with Gasteiger partial charge in [0.25, 0.3) is 5.56 Å². The molecule has 2 aromatic heterocycles. The van der Waals surface area contributed by atoms with Gasteiger partial charge in [-0.15, -0.1) is 0 Å². The summed E-state index contributed by atoms with van der Waals surface area (Å²) in [5, 5.41) is 6.81. The Balaban J connectivity index is 2.92. The molecule has 62 valence electrons. The van der Waals surface area contributed by atoms with Crippen LogP contribution >= 0.6 is 0 Å². The van der Waals surface area contributed by atoms with Gasteiger partial charge in [0, 0.05) is 12.5 Å². The normalized spacial score (nSPS) is 10.8. The second-order valence-corrected chi connectivity index (χ2v) is 2.58. The van der Waals surface area contributed by atoms with Crippen molar-refractivity contribution < 1.29 is 0 Å². The molecule has 2 heterocycles. The maximum Gasteiger partial charge on any atom is 0.257 e. The van der Waals surface area contributed by atoms with E-state index in [0.717, 1.165) is 17.9 Å². The van der Waals surface area contributed by atoms with Crippen molar-refractivity contribution in [2.45, 2.75) is 13.3 Å². The minimum atomic E-state index is -0.0295. The SMILES string of the molecule is CCc1n[nH]c2cccc(=O)n12. The molecule has 0 saturated heterocycles. The molecular formula is C8H9N3O. The summed E-state index contributed by atoms with van der Waals surface area (Å²) in [6, 6.07) is 5.07. The van der Waals surface area contributed by atoms with E-state index in [2.05, 4.69) is 10.2 Å². The maximum atomic E-state index is 11.3. The standard InChI is InChI=1S/C8H9N3O/c1-2-6-9-10-7-4-3-5-8(12)11(6)7/h3-5,10H,2H2,1H3. The van der Waals surface area contributed by atoms with Crippen LogP contribution < -0.4 is 5.56 Å². The fourth-order valence-corrected chi connectivity index (χ4v) is 1.25. The van der Waals surface area contributed by atoms with Crippen molar-refractivity contribution in [3.05, 3.63) is 34.4 Å². The van der Waals surface area contributed by atoms with E-state index in [9.17, 15) is 4.79 Å². The van der Waals surface area contributed by atoms with Crippen LogP contribution in [-0.4, -0.2) is 14.6 Å². The van der Waals surface area contributed by atoms with Gasteiger partial charge in [0.2, 0.25) is 0 Å². The van der Waals surface area contributed by atoms with E-state index in [0.29, 0.717) is 0 Å². The number of aryl methyl sites for hydroxylation is 1. The second kappa shape index (κ2) is 2.48. The van der Waals surface area contributed by atoms with Gasteiger partial charge in [0.15, 0.2) is 0 Å². The van der Waals surface area contributed by atoms with E-state index < -0.39 is 0 Å². The molecule has 0 unspecified atom stereocenters. The number of rotatable bonds is 1. The molecule has 0 aliphatic heterocycles. The number of H-pyrrole nitrogens is 1. The van der Waals surface area contributed by atoms with E-state index in [1.165, 1.54) is 6.07 Å². The highest BCUT2D eigenvalue weighted by atomic mass is 16.1. The molecule has 0 aliphatic carbocycles. The fourth-order valence-electron chi connectivity index (χ4n) is 1.25. The van der Waals surface area contributed by atoms with Gasteiger partial charge in [-0.05, 0) is 6.07 Å². The fraction of sp³-hybridized carbons (Fsp3) is 0.250.